The van der Waals surface area contributed by atoms with Gasteiger partial charge in [0, 0.05) is 38.8 Å². The second kappa shape index (κ2) is 6.42. The van der Waals surface area contributed by atoms with Gasteiger partial charge in [0.05, 0.1) is 6.54 Å². The molecule has 1 saturated heterocycles. The van der Waals surface area contributed by atoms with Crippen molar-refractivity contribution in [3.05, 3.63) is 24.4 Å². The molecule has 1 amide bonds. The Balaban J connectivity index is 1.36. The normalized spacial score (nSPS) is 15.1. The van der Waals surface area contributed by atoms with E-state index in [0.717, 1.165) is 18.9 Å². The fourth-order valence-electron chi connectivity index (χ4n) is 2.99. The molecule has 0 N–H and O–H groups in total. The zero-order chi connectivity index (χ0) is 17.2. The van der Waals surface area contributed by atoms with Crippen LogP contribution >= 0.6 is 0 Å². The Kier molecular flexibility index (Phi) is 3.96. The van der Waals surface area contributed by atoms with Crippen LogP contribution in [0.5, 0.6) is 0 Å². The van der Waals surface area contributed by atoms with Gasteiger partial charge in [-0.15, -0.1) is 15.3 Å². The molecule has 11 heteroatoms. The van der Waals surface area contributed by atoms with Crippen molar-refractivity contribution in [2.45, 2.75) is 19.9 Å². The predicted octanol–water partition coefficient (Wildman–Crippen LogP) is -0.842. The highest BCUT2D eigenvalue weighted by atomic mass is 16.2. The quantitative estimate of drug-likeness (QED) is 0.603. The average Bonchev–Trinajstić information content (AvgIpc) is 3.28. The van der Waals surface area contributed by atoms with Crippen LogP contribution in [-0.2, 0) is 11.3 Å². The third-order valence-electron chi connectivity index (χ3n) is 4.39. The second-order valence-electron chi connectivity index (χ2n) is 5.87. The highest BCUT2D eigenvalue weighted by molar-refractivity contribution is 5.76. The van der Waals surface area contributed by atoms with Crippen molar-refractivity contribution >= 4 is 17.5 Å². The van der Waals surface area contributed by atoms with Crippen LogP contribution in [0.25, 0.3) is 5.78 Å². The Morgan fingerprint density at radius 3 is 2.80 bits per heavy atom. The molecule has 0 bridgehead atoms. The lowest BCUT2D eigenvalue weighted by molar-refractivity contribution is -0.131. The summed E-state index contributed by atoms with van der Waals surface area (Å²) in [6, 6.07) is 1.94. The van der Waals surface area contributed by atoms with E-state index in [1.54, 1.807) is 17.2 Å². The Labute approximate surface area is 143 Å². The van der Waals surface area contributed by atoms with Crippen molar-refractivity contribution in [1.29, 1.82) is 0 Å². The fourth-order valence-corrected chi connectivity index (χ4v) is 2.99. The summed E-state index contributed by atoms with van der Waals surface area (Å²) in [6.07, 6.45) is 3.78. The van der Waals surface area contributed by atoms with E-state index in [1.807, 2.05) is 22.3 Å². The van der Waals surface area contributed by atoms with Crippen LogP contribution in [0.1, 0.15) is 12.2 Å². The molecular weight excluding hydrogens is 324 g/mol. The summed E-state index contributed by atoms with van der Waals surface area (Å²) in [6.45, 7) is 5.20. The van der Waals surface area contributed by atoms with Crippen molar-refractivity contribution in [3.8, 4) is 0 Å². The minimum Gasteiger partial charge on any atom is -0.354 e. The first kappa shape index (κ1) is 15.4. The van der Waals surface area contributed by atoms with Crippen molar-refractivity contribution in [2.24, 2.45) is 0 Å². The van der Waals surface area contributed by atoms with Gasteiger partial charge in [0.15, 0.2) is 0 Å². The van der Waals surface area contributed by atoms with E-state index in [4.69, 9.17) is 0 Å². The van der Waals surface area contributed by atoms with Crippen molar-refractivity contribution in [3.63, 3.8) is 0 Å². The van der Waals surface area contributed by atoms with Crippen LogP contribution in [0, 0.1) is 6.92 Å². The topological polar surface area (TPSA) is 110 Å². The largest absolute Gasteiger partial charge is 0.354 e. The van der Waals surface area contributed by atoms with Gasteiger partial charge in [-0.2, -0.15) is 0 Å². The highest BCUT2D eigenvalue weighted by Crippen LogP contribution is 2.16. The Bertz CT molecular complexity index is 879. The molecular formula is C14H18N10O. The zero-order valence-electron chi connectivity index (χ0n) is 13.9. The molecule has 0 radical (unpaired) electrons. The number of hydrogen-bond donors (Lipinski definition) is 0. The summed E-state index contributed by atoms with van der Waals surface area (Å²) in [5.74, 6) is 2.41. The van der Waals surface area contributed by atoms with Crippen LogP contribution in [0.15, 0.2) is 18.6 Å². The summed E-state index contributed by atoms with van der Waals surface area (Å²) in [4.78, 5) is 20.7. The van der Waals surface area contributed by atoms with E-state index in [2.05, 4.69) is 35.6 Å². The van der Waals surface area contributed by atoms with Gasteiger partial charge in [-0.3, -0.25) is 9.20 Å². The molecule has 1 aliphatic rings. The Morgan fingerprint density at radius 1 is 1.20 bits per heavy atom. The molecule has 0 atom stereocenters. The zero-order valence-corrected chi connectivity index (χ0v) is 13.9. The van der Waals surface area contributed by atoms with E-state index in [-0.39, 0.29) is 5.91 Å². The van der Waals surface area contributed by atoms with Gasteiger partial charge in [0.1, 0.15) is 18.0 Å². The van der Waals surface area contributed by atoms with Crippen LogP contribution in [0.2, 0.25) is 0 Å². The maximum Gasteiger partial charge on any atom is 0.256 e. The standard InChI is InChI=1S/C14H18N10O/c1-11-17-19-20-24(11)5-3-13(25)22-8-6-21(7-9-22)12-2-4-15-14-18-16-10-23(12)14/h2,4,10H,3,5-9H2,1H3. The lowest BCUT2D eigenvalue weighted by Crippen LogP contribution is -2.49. The number of nitrogens with zero attached hydrogens (tertiary/aromatic N) is 10. The molecule has 11 nitrogen and oxygen atoms in total. The summed E-state index contributed by atoms with van der Waals surface area (Å²) in [5.41, 5.74) is 0. The first-order valence-corrected chi connectivity index (χ1v) is 8.12. The Hall–Kier alpha value is -3.11. The van der Waals surface area contributed by atoms with Gasteiger partial charge in [-0.1, -0.05) is 0 Å². The van der Waals surface area contributed by atoms with Crippen LogP contribution < -0.4 is 4.90 Å². The summed E-state index contributed by atoms with van der Waals surface area (Å²) in [5, 5.41) is 19.1. The molecule has 0 saturated carbocycles. The number of anilines is 1. The number of fused-ring (bicyclic) bond motifs is 1. The van der Waals surface area contributed by atoms with E-state index in [9.17, 15) is 4.79 Å². The average molecular weight is 342 g/mol. The third kappa shape index (κ3) is 2.99. The predicted molar refractivity (Wildman–Crippen MR) is 86.7 cm³/mol. The molecule has 0 unspecified atom stereocenters. The number of carbonyl (C=O) groups is 1. The molecule has 4 rings (SSSR count). The number of amides is 1. The number of aryl methyl sites for hydroxylation is 2. The van der Waals surface area contributed by atoms with Gasteiger partial charge in [-0.25, -0.2) is 9.67 Å². The Morgan fingerprint density at radius 2 is 2.04 bits per heavy atom. The van der Waals surface area contributed by atoms with Gasteiger partial charge in [-0.05, 0) is 23.4 Å². The highest BCUT2D eigenvalue weighted by Gasteiger charge is 2.22. The molecule has 3 aromatic rings. The van der Waals surface area contributed by atoms with Crippen LogP contribution in [0.4, 0.5) is 5.82 Å². The molecule has 0 aliphatic carbocycles. The lowest BCUT2D eigenvalue weighted by Gasteiger charge is -2.36. The maximum atomic E-state index is 12.4. The molecule has 130 valence electrons. The molecule has 1 aliphatic heterocycles. The van der Waals surface area contributed by atoms with Gasteiger partial charge < -0.3 is 9.80 Å². The van der Waals surface area contributed by atoms with E-state index in [1.165, 1.54) is 0 Å². The summed E-state index contributed by atoms with van der Waals surface area (Å²) >= 11 is 0. The van der Waals surface area contributed by atoms with Gasteiger partial charge in [0.25, 0.3) is 5.78 Å². The first-order chi connectivity index (χ1) is 12.2. The van der Waals surface area contributed by atoms with Gasteiger partial charge in [0.2, 0.25) is 5.91 Å². The molecule has 3 aromatic heterocycles. The monoisotopic (exact) mass is 342 g/mol. The number of hydrogen-bond acceptors (Lipinski definition) is 8. The van der Waals surface area contributed by atoms with E-state index >= 15 is 0 Å². The third-order valence-corrected chi connectivity index (χ3v) is 4.39. The SMILES string of the molecule is Cc1nnnn1CCC(=O)N1CCN(c2ccnc3nncn23)CC1. The van der Waals surface area contributed by atoms with Crippen LogP contribution in [0.3, 0.4) is 0 Å². The molecule has 4 heterocycles. The van der Waals surface area contributed by atoms with Crippen molar-refractivity contribution < 1.29 is 4.79 Å². The lowest BCUT2D eigenvalue weighted by atomic mass is 10.2. The molecule has 25 heavy (non-hydrogen) atoms. The second-order valence-corrected chi connectivity index (χ2v) is 5.87. The number of tetrazole rings is 1. The number of rotatable bonds is 4. The molecule has 0 spiro atoms. The van der Waals surface area contributed by atoms with E-state index in [0.29, 0.717) is 37.7 Å². The first-order valence-electron chi connectivity index (χ1n) is 8.12. The van der Waals surface area contributed by atoms with Crippen molar-refractivity contribution in [2.75, 3.05) is 31.1 Å². The smallest absolute Gasteiger partial charge is 0.256 e. The fraction of sp³-hybridized carbons (Fsp3) is 0.500. The molecule has 0 aromatic carbocycles. The summed E-state index contributed by atoms with van der Waals surface area (Å²) in [7, 11) is 0. The number of carbonyl (C=O) groups excluding carboxylic acids is 1. The minimum absolute atomic E-state index is 0.124. The van der Waals surface area contributed by atoms with Crippen molar-refractivity contribution in [1.82, 2.24) is 44.7 Å². The number of aromatic nitrogens is 8. The number of piperazine rings is 1. The minimum atomic E-state index is 0.124. The van der Waals surface area contributed by atoms with E-state index < -0.39 is 0 Å². The molecule has 1 fully saturated rings. The van der Waals surface area contributed by atoms with Crippen LogP contribution in [-0.4, -0.2) is 76.8 Å². The summed E-state index contributed by atoms with van der Waals surface area (Å²) < 4.78 is 3.51. The maximum absolute atomic E-state index is 12.4. The van der Waals surface area contributed by atoms with Gasteiger partial charge >= 0.3 is 0 Å².